The van der Waals surface area contributed by atoms with Gasteiger partial charge in [0.25, 0.3) is 5.91 Å². The van der Waals surface area contributed by atoms with Crippen LogP contribution in [0.1, 0.15) is 47.6 Å². The lowest BCUT2D eigenvalue weighted by Crippen LogP contribution is -2.39. The maximum Gasteiger partial charge on any atom is 0.417 e. The Hall–Kier alpha value is -3.44. The predicted molar refractivity (Wildman–Crippen MR) is 115 cm³/mol. The molecule has 1 atom stereocenters. The first-order valence-corrected chi connectivity index (χ1v) is 10.7. The van der Waals surface area contributed by atoms with Crippen LogP contribution >= 0.6 is 0 Å². The quantitative estimate of drug-likeness (QED) is 0.409. The molecule has 0 spiro atoms. The summed E-state index contributed by atoms with van der Waals surface area (Å²) < 4.78 is 80.8. The summed E-state index contributed by atoms with van der Waals surface area (Å²) in [5, 5.41) is 4.05. The summed E-state index contributed by atoms with van der Waals surface area (Å²) in [7, 11) is 1.55. The number of rotatable bonds is 7. The van der Waals surface area contributed by atoms with Crippen molar-refractivity contribution in [3.05, 3.63) is 65.4 Å². The largest absolute Gasteiger partial charge is 0.417 e. The van der Waals surface area contributed by atoms with Gasteiger partial charge in [0.2, 0.25) is 0 Å². The van der Waals surface area contributed by atoms with Crippen molar-refractivity contribution in [1.29, 1.82) is 0 Å². The molecular formula is C23H23F6N5O. The maximum atomic E-state index is 13.8. The summed E-state index contributed by atoms with van der Waals surface area (Å²) in [6.45, 7) is 3.57. The number of alkyl halides is 6. The molecule has 3 heterocycles. The Morgan fingerprint density at radius 3 is 2.29 bits per heavy atom. The molecule has 0 fully saturated rings. The first-order valence-electron chi connectivity index (χ1n) is 10.7. The van der Waals surface area contributed by atoms with Crippen LogP contribution in [0, 0.1) is 0 Å². The van der Waals surface area contributed by atoms with Crippen LogP contribution in [0.4, 0.5) is 26.3 Å². The molecule has 0 aliphatic carbocycles. The highest BCUT2D eigenvalue weighted by Gasteiger charge is 2.38. The number of carbonyl (C=O) groups is 1. The Bertz CT molecular complexity index is 1170. The van der Waals surface area contributed by atoms with Gasteiger partial charge in [-0.2, -0.15) is 31.4 Å². The van der Waals surface area contributed by atoms with Crippen molar-refractivity contribution in [2.75, 3.05) is 6.54 Å². The second-order valence-corrected chi connectivity index (χ2v) is 7.97. The number of hydrogen-bond donors (Lipinski definition) is 0. The van der Waals surface area contributed by atoms with Crippen LogP contribution in [-0.2, 0) is 25.8 Å². The molecule has 0 bridgehead atoms. The third-order valence-corrected chi connectivity index (χ3v) is 5.53. The van der Waals surface area contributed by atoms with Crippen LogP contribution in [0.15, 0.2) is 42.9 Å². The maximum absolute atomic E-state index is 13.8. The van der Waals surface area contributed by atoms with Gasteiger partial charge in [-0.1, -0.05) is 0 Å². The third kappa shape index (κ3) is 5.98. The smallest absolute Gasteiger partial charge is 0.335 e. The highest BCUT2D eigenvalue weighted by atomic mass is 19.4. The average Bonchev–Trinajstić information content (AvgIpc) is 3.22. The van der Waals surface area contributed by atoms with E-state index in [0.717, 1.165) is 24.5 Å². The van der Waals surface area contributed by atoms with Crippen molar-refractivity contribution in [2.24, 2.45) is 7.05 Å². The Morgan fingerprint density at radius 1 is 1.06 bits per heavy atom. The highest BCUT2D eigenvalue weighted by molar-refractivity contribution is 5.99. The summed E-state index contributed by atoms with van der Waals surface area (Å²) in [4.78, 5) is 22.6. The topological polar surface area (TPSA) is 63.9 Å². The first kappa shape index (κ1) is 26.2. The Kier molecular flexibility index (Phi) is 7.51. The van der Waals surface area contributed by atoms with E-state index in [1.54, 1.807) is 20.9 Å². The molecule has 6 nitrogen and oxygen atoms in total. The number of carbonyl (C=O) groups excluding carboxylic acids is 1. The highest BCUT2D eigenvalue weighted by Crippen LogP contribution is 2.38. The first-order chi connectivity index (χ1) is 16.3. The van der Waals surface area contributed by atoms with Gasteiger partial charge >= 0.3 is 12.4 Å². The number of aryl methyl sites for hydroxylation is 2. The van der Waals surface area contributed by atoms with E-state index in [0.29, 0.717) is 12.1 Å². The summed E-state index contributed by atoms with van der Waals surface area (Å²) in [6.07, 6.45) is -5.48. The molecule has 35 heavy (non-hydrogen) atoms. The molecule has 0 aliphatic heterocycles. The second-order valence-electron chi connectivity index (χ2n) is 7.97. The monoisotopic (exact) mass is 499 g/mol. The zero-order valence-corrected chi connectivity index (χ0v) is 19.2. The Morgan fingerprint density at radius 2 is 1.77 bits per heavy atom. The molecule has 0 N–H and O–H groups in total. The van der Waals surface area contributed by atoms with E-state index in [9.17, 15) is 31.1 Å². The van der Waals surface area contributed by atoms with E-state index < -0.39 is 41.0 Å². The van der Waals surface area contributed by atoms with E-state index in [2.05, 4.69) is 15.1 Å². The van der Waals surface area contributed by atoms with E-state index in [1.807, 2.05) is 0 Å². The van der Waals surface area contributed by atoms with Crippen LogP contribution in [0.2, 0.25) is 0 Å². The number of pyridine rings is 2. The second kappa shape index (κ2) is 10.0. The van der Waals surface area contributed by atoms with Crippen molar-refractivity contribution >= 4 is 5.91 Å². The van der Waals surface area contributed by atoms with Crippen LogP contribution in [0.5, 0.6) is 0 Å². The van der Waals surface area contributed by atoms with E-state index in [4.69, 9.17) is 0 Å². The molecule has 0 radical (unpaired) electrons. The van der Waals surface area contributed by atoms with Crippen LogP contribution in [0.3, 0.4) is 0 Å². The normalized spacial score (nSPS) is 13.1. The molecule has 3 aromatic heterocycles. The number of nitrogens with zero attached hydrogens (tertiary/aromatic N) is 5. The summed E-state index contributed by atoms with van der Waals surface area (Å²) >= 11 is 0. The molecular weight excluding hydrogens is 476 g/mol. The van der Waals surface area contributed by atoms with Crippen molar-refractivity contribution in [2.45, 2.75) is 45.1 Å². The van der Waals surface area contributed by atoms with Gasteiger partial charge < -0.3 is 4.90 Å². The van der Waals surface area contributed by atoms with Gasteiger partial charge in [-0.25, -0.2) is 0 Å². The number of amides is 1. The number of hydrogen-bond acceptors (Lipinski definition) is 4. The van der Waals surface area contributed by atoms with Gasteiger partial charge in [0.1, 0.15) is 5.69 Å². The number of aromatic nitrogens is 4. The summed E-state index contributed by atoms with van der Waals surface area (Å²) in [5.74, 6) is -0.702. The fourth-order valence-electron chi connectivity index (χ4n) is 3.71. The standard InChI is InChI=1S/C23H23F6N5O/c1-4-34(14(2)5-7-16-8-6-15(13-31-16)22(24,25)26)21(35)20-19(18-10-12-33(3)32-18)17(9-11-30-20)23(27,28)29/h6,8-14H,4-5,7H2,1-3H3/t14-/m0/s1. The summed E-state index contributed by atoms with van der Waals surface area (Å²) in [6, 6.07) is 3.92. The lowest BCUT2D eigenvalue weighted by molar-refractivity contribution is -0.138. The van der Waals surface area contributed by atoms with Crippen molar-refractivity contribution in [3.63, 3.8) is 0 Å². The van der Waals surface area contributed by atoms with E-state index in [1.165, 1.54) is 27.9 Å². The third-order valence-electron chi connectivity index (χ3n) is 5.53. The molecule has 1 amide bonds. The van der Waals surface area contributed by atoms with Crippen molar-refractivity contribution in [3.8, 4) is 11.3 Å². The molecule has 0 saturated carbocycles. The van der Waals surface area contributed by atoms with Crippen molar-refractivity contribution in [1.82, 2.24) is 24.6 Å². The van der Waals surface area contributed by atoms with Crippen LogP contribution in [0.25, 0.3) is 11.3 Å². The van der Waals surface area contributed by atoms with E-state index in [-0.39, 0.29) is 24.4 Å². The number of halogens is 6. The minimum absolute atomic E-state index is 0.0334. The molecule has 0 aliphatic rings. The van der Waals surface area contributed by atoms with Gasteiger partial charge in [0.05, 0.1) is 16.8 Å². The average molecular weight is 499 g/mol. The van der Waals surface area contributed by atoms with Gasteiger partial charge in [-0.05, 0) is 51.0 Å². The molecule has 188 valence electrons. The summed E-state index contributed by atoms with van der Waals surface area (Å²) in [5.41, 5.74) is -2.29. The Labute approximate surface area is 197 Å². The fraction of sp³-hybridized carbons (Fsp3) is 0.391. The SMILES string of the molecule is CCN(C(=O)c1nccc(C(F)(F)F)c1-c1ccn(C)n1)[C@@H](C)CCc1ccc(C(F)(F)F)cn1. The molecule has 0 unspecified atom stereocenters. The molecule has 12 heteroatoms. The van der Waals surface area contributed by atoms with Crippen LogP contribution < -0.4 is 0 Å². The zero-order chi connectivity index (χ0) is 26.0. The zero-order valence-electron chi connectivity index (χ0n) is 19.2. The van der Waals surface area contributed by atoms with Gasteiger partial charge in [-0.3, -0.25) is 19.4 Å². The molecule has 0 saturated heterocycles. The van der Waals surface area contributed by atoms with Crippen LogP contribution in [-0.4, -0.2) is 43.1 Å². The lowest BCUT2D eigenvalue weighted by Gasteiger charge is -2.29. The molecule has 0 aromatic carbocycles. The van der Waals surface area contributed by atoms with Gasteiger partial charge in [-0.15, -0.1) is 0 Å². The minimum atomic E-state index is -4.73. The van der Waals surface area contributed by atoms with Crippen molar-refractivity contribution < 1.29 is 31.1 Å². The van der Waals surface area contributed by atoms with E-state index >= 15 is 0 Å². The predicted octanol–water partition coefficient (Wildman–Crippen LogP) is 5.40. The van der Waals surface area contributed by atoms with Gasteiger partial charge in [0, 0.05) is 49.5 Å². The minimum Gasteiger partial charge on any atom is -0.335 e. The molecule has 3 aromatic rings. The van der Waals surface area contributed by atoms with Gasteiger partial charge in [0.15, 0.2) is 0 Å². The lowest BCUT2D eigenvalue weighted by atomic mass is 10.0. The Balaban J connectivity index is 1.87. The fourth-order valence-corrected chi connectivity index (χ4v) is 3.71. The molecule has 3 rings (SSSR count).